The van der Waals surface area contributed by atoms with Crippen molar-refractivity contribution in [3.8, 4) is 0 Å². The predicted octanol–water partition coefficient (Wildman–Crippen LogP) is 2.11. The van der Waals surface area contributed by atoms with E-state index in [4.69, 9.17) is 27.3 Å². The van der Waals surface area contributed by atoms with Gasteiger partial charge in [0, 0.05) is 56.1 Å². The minimum Gasteiger partial charge on any atom is -0.355 e. The fourth-order valence-electron chi connectivity index (χ4n) is 6.47. The smallest absolute Gasteiger partial charge is 0.229 e. The minimum absolute atomic E-state index is 0.0606. The predicted molar refractivity (Wildman–Crippen MR) is 138 cm³/mol. The third-order valence-electron chi connectivity index (χ3n) is 8.51. The van der Waals surface area contributed by atoms with Crippen LogP contribution in [0.25, 0.3) is 5.65 Å². The van der Waals surface area contributed by atoms with E-state index in [1.165, 1.54) is 19.3 Å². The Morgan fingerprint density at radius 2 is 1.89 bits per heavy atom. The van der Waals surface area contributed by atoms with Crippen molar-refractivity contribution < 1.29 is 4.79 Å². The number of nitrogens with two attached hydrogens (primary N) is 3. The van der Waals surface area contributed by atoms with Gasteiger partial charge in [0.2, 0.25) is 5.91 Å². The molecule has 2 saturated heterocycles. The van der Waals surface area contributed by atoms with Gasteiger partial charge in [0.25, 0.3) is 0 Å². The van der Waals surface area contributed by atoms with Crippen molar-refractivity contribution >= 4 is 17.4 Å². The lowest BCUT2D eigenvalue weighted by Crippen LogP contribution is -2.52. The summed E-state index contributed by atoms with van der Waals surface area (Å²) in [5, 5.41) is 4.89. The van der Waals surface area contributed by atoms with Crippen LogP contribution in [-0.2, 0) is 4.79 Å². The number of aromatic nitrogens is 3. The molecule has 1 saturated carbocycles. The third-order valence-corrected chi connectivity index (χ3v) is 8.51. The van der Waals surface area contributed by atoms with Crippen LogP contribution in [0.15, 0.2) is 12.3 Å². The Hall–Kier alpha value is -2.23. The molecule has 3 fully saturated rings. The number of rotatable bonds is 6. The van der Waals surface area contributed by atoms with Crippen molar-refractivity contribution in [3.05, 3.63) is 23.5 Å². The van der Waals surface area contributed by atoms with E-state index in [-0.39, 0.29) is 30.0 Å². The van der Waals surface area contributed by atoms with Crippen LogP contribution >= 0.6 is 0 Å². The first-order valence-electron chi connectivity index (χ1n) is 13.6. The monoisotopic (exact) mass is 482 g/mol. The molecule has 5 rings (SSSR count). The minimum atomic E-state index is -0.331. The zero-order valence-corrected chi connectivity index (χ0v) is 21.1. The number of hydrogen-bond acceptors (Lipinski definition) is 7. The van der Waals surface area contributed by atoms with Crippen LogP contribution < -0.4 is 22.1 Å². The lowest BCUT2D eigenvalue weighted by Gasteiger charge is -2.40. The fourth-order valence-corrected chi connectivity index (χ4v) is 6.47. The Morgan fingerprint density at radius 1 is 1.11 bits per heavy atom. The quantitative estimate of drug-likeness (QED) is 0.574. The van der Waals surface area contributed by atoms with E-state index >= 15 is 0 Å². The number of anilines is 1. The van der Waals surface area contributed by atoms with Crippen LogP contribution in [0.3, 0.4) is 0 Å². The lowest BCUT2D eigenvalue weighted by molar-refractivity contribution is -0.140. The third kappa shape index (κ3) is 4.90. The van der Waals surface area contributed by atoms with Crippen molar-refractivity contribution in [2.45, 2.75) is 82.8 Å². The van der Waals surface area contributed by atoms with Crippen molar-refractivity contribution in [2.24, 2.45) is 29.0 Å². The van der Waals surface area contributed by atoms with Crippen LogP contribution in [0, 0.1) is 18.8 Å². The lowest BCUT2D eigenvalue weighted by atomic mass is 9.78. The Labute approximate surface area is 208 Å². The molecule has 1 aliphatic carbocycles. The van der Waals surface area contributed by atoms with E-state index < -0.39 is 0 Å². The molecular formula is C26H42N8O. The molecule has 1 amide bonds. The van der Waals surface area contributed by atoms with Crippen LogP contribution in [0.5, 0.6) is 0 Å². The number of carbonyl (C=O) groups is 1. The van der Waals surface area contributed by atoms with E-state index in [0.717, 1.165) is 80.9 Å². The summed E-state index contributed by atoms with van der Waals surface area (Å²) in [5.74, 6) is 1.14. The van der Waals surface area contributed by atoms with Gasteiger partial charge in [-0.05, 0) is 51.4 Å². The van der Waals surface area contributed by atoms with Gasteiger partial charge in [-0.15, -0.1) is 0 Å². The van der Waals surface area contributed by atoms with Gasteiger partial charge in [-0.1, -0.05) is 19.3 Å². The summed E-state index contributed by atoms with van der Waals surface area (Å²) in [5.41, 5.74) is 21.8. The number of nitrogens with zero attached hydrogens (tertiary/aromatic N) is 5. The molecule has 2 aromatic heterocycles. The van der Waals surface area contributed by atoms with Crippen molar-refractivity contribution in [1.82, 2.24) is 19.5 Å². The first kappa shape index (κ1) is 24.5. The molecule has 0 aromatic carbocycles. The molecule has 9 heteroatoms. The maximum absolute atomic E-state index is 13.8. The van der Waals surface area contributed by atoms with Crippen molar-refractivity contribution in [2.75, 3.05) is 31.1 Å². The molecule has 2 unspecified atom stereocenters. The SMILES string of the molecule is Cc1cn2nc([C@@H]3CCCCN3C(=O)C(CN)C(N)C3CCCCC3)cc2nc1N1CC[C@H](N)C1. The Bertz CT molecular complexity index is 1030. The first-order chi connectivity index (χ1) is 17.0. The van der Waals surface area contributed by atoms with Gasteiger partial charge in [0.05, 0.1) is 17.7 Å². The molecule has 192 valence electrons. The largest absolute Gasteiger partial charge is 0.355 e. The second-order valence-electron chi connectivity index (χ2n) is 11.0. The van der Waals surface area contributed by atoms with Crippen molar-refractivity contribution in [1.29, 1.82) is 0 Å². The number of fused-ring (bicyclic) bond motifs is 1. The Morgan fingerprint density at radius 3 is 2.60 bits per heavy atom. The number of aryl methyl sites for hydroxylation is 1. The van der Waals surface area contributed by atoms with Gasteiger partial charge in [-0.3, -0.25) is 4.79 Å². The van der Waals surface area contributed by atoms with Gasteiger partial charge in [0.1, 0.15) is 5.82 Å². The van der Waals surface area contributed by atoms with E-state index in [1.807, 2.05) is 21.7 Å². The van der Waals surface area contributed by atoms with E-state index in [9.17, 15) is 4.79 Å². The highest BCUT2D eigenvalue weighted by Crippen LogP contribution is 2.35. The Kier molecular flexibility index (Phi) is 7.27. The molecule has 4 heterocycles. The summed E-state index contributed by atoms with van der Waals surface area (Å²) in [6.45, 7) is 4.86. The first-order valence-corrected chi connectivity index (χ1v) is 13.6. The molecule has 9 nitrogen and oxygen atoms in total. The molecule has 4 atom stereocenters. The van der Waals surface area contributed by atoms with Gasteiger partial charge < -0.3 is 27.0 Å². The van der Waals surface area contributed by atoms with E-state index in [0.29, 0.717) is 12.5 Å². The second-order valence-corrected chi connectivity index (χ2v) is 11.0. The van der Waals surface area contributed by atoms with Gasteiger partial charge in [-0.25, -0.2) is 9.50 Å². The summed E-state index contributed by atoms with van der Waals surface area (Å²) in [4.78, 5) is 23.0. The van der Waals surface area contributed by atoms with Crippen LogP contribution in [0.1, 0.15) is 75.1 Å². The summed E-state index contributed by atoms with van der Waals surface area (Å²) < 4.78 is 1.86. The number of piperidine rings is 1. The summed E-state index contributed by atoms with van der Waals surface area (Å²) in [7, 11) is 0. The van der Waals surface area contributed by atoms with Gasteiger partial charge in [-0.2, -0.15) is 5.10 Å². The summed E-state index contributed by atoms with van der Waals surface area (Å²) >= 11 is 0. The topological polar surface area (TPSA) is 132 Å². The zero-order chi connectivity index (χ0) is 24.5. The number of carbonyl (C=O) groups excluding carboxylic acids is 1. The van der Waals surface area contributed by atoms with Crippen LogP contribution in [-0.4, -0.2) is 63.7 Å². The molecular weight excluding hydrogens is 440 g/mol. The highest BCUT2D eigenvalue weighted by molar-refractivity contribution is 5.80. The molecule has 0 spiro atoms. The average Bonchev–Trinajstić information content (AvgIpc) is 3.50. The molecule has 6 N–H and O–H groups in total. The maximum atomic E-state index is 13.8. The number of amides is 1. The average molecular weight is 483 g/mol. The Balaban J connectivity index is 1.39. The maximum Gasteiger partial charge on any atom is 0.229 e. The standard InChI is InChI=1S/C26H42N8O/c1-17-15-34-23(30-25(17)32-12-10-19(28)16-32)13-21(31-34)22-9-5-6-11-33(22)26(35)20(14-27)24(29)18-7-3-2-4-8-18/h13,15,18-20,22,24H,2-12,14,16,27-29H2,1H3/t19-,20?,22-,24?/m0/s1. The molecule has 35 heavy (non-hydrogen) atoms. The number of hydrogen-bond donors (Lipinski definition) is 3. The van der Waals surface area contributed by atoms with Crippen LogP contribution in [0.2, 0.25) is 0 Å². The zero-order valence-electron chi connectivity index (χ0n) is 21.1. The van der Waals surface area contributed by atoms with E-state index in [1.54, 1.807) is 0 Å². The summed E-state index contributed by atoms with van der Waals surface area (Å²) in [6, 6.07) is 2.02. The number of likely N-dealkylation sites (tertiary alicyclic amines) is 1. The summed E-state index contributed by atoms with van der Waals surface area (Å²) in [6.07, 6.45) is 11.9. The highest BCUT2D eigenvalue weighted by atomic mass is 16.2. The molecule has 2 aliphatic heterocycles. The fraction of sp³-hybridized carbons (Fsp3) is 0.731. The normalized spacial score (nSPS) is 25.8. The van der Waals surface area contributed by atoms with Crippen molar-refractivity contribution in [3.63, 3.8) is 0 Å². The van der Waals surface area contributed by atoms with Gasteiger partial charge in [0.15, 0.2) is 5.65 Å². The van der Waals surface area contributed by atoms with Crippen LogP contribution in [0.4, 0.5) is 5.82 Å². The second kappa shape index (κ2) is 10.4. The van der Waals surface area contributed by atoms with E-state index in [2.05, 4.69) is 11.8 Å². The molecule has 2 aromatic rings. The highest BCUT2D eigenvalue weighted by Gasteiger charge is 2.38. The van der Waals surface area contributed by atoms with Gasteiger partial charge >= 0.3 is 0 Å². The molecule has 3 aliphatic rings. The molecule has 0 bridgehead atoms. The molecule has 0 radical (unpaired) electrons.